The van der Waals surface area contributed by atoms with Crippen LogP contribution in [0.3, 0.4) is 0 Å². The fourth-order valence-electron chi connectivity index (χ4n) is 5.77. The van der Waals surface area contributed by atoms with Gasteiger partial charge in [0.2, 0.25) is 35.4 Å². The number of carbonyl (C=O) groups is 6. The van der Waals surface area contributed by atoms with Crippen LogP contribution in [-0.4, -0.2) is 98.4 Å². The van der Waals surface area contributed by atoms with E-state index in [-0.39, 0.29) is 75.7 Å². The second-order valence-electron chi connectivity index (χ2n) is 12.6. The number of likely N-dealkylation sites (tertiary alicyclic amines) is 1. The molecular formula is C35H51N7O8. The summed E-state index contributed by atoms with van der Waals surface area (Å²) >= 11 is 0. The number of amides is 6. The van der Waals surface area contributed by atoms with Gasteiger partial charge in [0.1, 0.15) is 17.8 Å². The Morgan fingerprint density at radius 1 is 0.900 bits per heavy atom. The lowest BCUT2D eigenvalue weighted by atomic mass is 9.89. The van der Waals surface area contributed by atoms with E-state index in [0.29, 0.717) is 43.0 Å². The average molecular weight is 698 g/mol. The largest absolute Gasteiger partial charge is 0.469 e. The third-order valence-electron chi connectivity index (χ3n) is 8.28. The molecule has 7 N–H and O–H groups in total. The molecule has 1 aromatic heterocycles. The third kappa shape index (κ3) is 13.6. The molecule has 0 spiro atoms. The molecule has 2 aromatic rings. The zero-order valence-electron chi connectivity index (χ0n) is 29.1. The van der Waals surface area contributed by atoms with Gasteiger partial charge in [-0.25, -0.2) is 0 Å². The van der Waals surface area contributed by atoms with E-state index in [2.05, 4.69) is 26.6 Å². The Morgan fingerprint density at radius 3 is 2.32 bits per heavy atom. The van der Waals surface area contributed by atoms with Crippen molar-refractivity contribution in [3.63, 3.8) is 0 Å². The molecule has 15 nitrogen and oxygen atoms in total. The summed E-state index contributed by atoms with van der Waals surface area (Å²) in [4.78, 5) is 78.1. The molecule has 2 heterocycles. The van der Waals surface area contributed by atoms with Crippen LogP contribution in [0.2, 0.25) is 0 Å². The molecule has 0 saturated carbocycles. The van der Waals surface area contributed by atoms with Crippen molar-refractivity contribution in [2.24, 2.45) is 17.6 Å². The highest BCUT2D eigenvalue weighted by Gasteiger charge is 2.33. The van der Waals surface area contributed by atoms with Crippen LogP contribution in [0, 0.1) is 11.8 Å². The first-order chi connectivity index (χ1) is 24.0. The highest BCUT2D eigenvalue weighted by Crippen LogP contribution is 2.22. The Morgan fingerprint density at radius 2 is 1.64 bits per heavy atom. The highest BCUT2D eigenvalue weighted by molar-refractivity contribution is 5.90. The number of nitrogens with two attached hydrogens (primary N) is 1. The van der Waals surface area contributed by atoms with Crippen molar-refractivity contribution >= 4 is 35.4 Å². The topological polar surface area (TPSA) is 214 Å². The number of hydrogen-bond donors (Lipinski definition) is 6. The number of nitrogens with one attached hydrogen (secondary N) is 5. The fraction of sp³-hybridized carbons (Fsp3) is 0.543. The Balaban J connectivity index is 1.64. The molecule has 1 saturated heterocycles. The van der Waals surface area contributed by atoms with E-state index in [9.17, 15) is 28.8 Å². The smallest absolute Gasteiger partial charge is 0.243 e. The van der Waals surface area contributed by atoms with Crippen LogP contribution in [0.1, 0.15) is 50.5 Å². The van der Waals surface area contributed by atoms with Crippen molar-refractivity contribution in [2.45, 2.75) is 65.1 Å². The zero-order valence-corrected chi connectivity index (χ0v) is 29.1. The summed E-state index contributed by atoms with van der Waals surface area (Å²) in [6, 6.07) is 8.66. The van der Waals surface area contributed by atoms with Crippen LogP contribution in [-0.2, 0) is 52.9 Å². The standard InChI is InChI=1S/C35H51N7O8/c1-23-17-28(22-42(21-23)25(3)44)33(46)41-31(19-29-9-6-14-50-29)35(48)39-20-27-8-5-4-7-26(27)18-32(45)40-30(10-12-37-24(2)43)34(47)38-13-16-49-15-11-36/h4-9,14,23,28,30-31H,10-13,15-22,36H2,1-3H3,(H,37,43)(H,38,47)(H,39,48)(H,40,45)(H,41,46)/t23-,28-,30+,31+/m1/s1. The lowest BCUT2D eigenvalue weighted by Gasteiger charge is -2.35. The van der Waals surface area contributed by atoms with Crippen molar-refractivity contribution in [3.8, 4) is 0 Å². The first-order valence-corrected chi connectivity index (χ1v) is 17.0. The van der Waals surface area contributed by atoms with Crippen LogP contribution in [0.25, 0.3) is 0 Å². The molecule has 3 rings (SSSR count). The SMILES string of the molecule is CC(=O)NCC[C@H](NC(=O)Cc1ccccc1CNC(=O)[C@H](Cc1ccco1)NC(=O)[C@@H]1C[C@@H](C)CN(C(C)=O)C1)C(=O)NCCOCCN. The predicted octanol–water partition coefficient (Wildman–Crippen LogP) is -0.227. The van der Waals surface area contributed by atoms with Gasteiger partial charge >= 0.3 is 0 Å². The normalized spacial score (nSPS) is 16.8. The maximum absolute atomic E-state index is 13.5. The number of furan rings is 1. The van der Waals surface area contributed by atoms with E-state index in [1.165, 1.54) is 20.1 Å². The van der Waals surface area contributed by atoms with Crippen molar-refractivity contribution in [1.82, 2.24) is 31.5 Å². The molecule has 1 aliphatic heterocycles. The monoisotopic (exact) mass is 697 g/mol. The molecule has 1 fully saturated rings. The van der Waals surface area contributed by atoms with Crippen LogP contribution < -0.4 is 32.3 Å². The molecule has 0 aliphatic carbocycles. The number of piperidine rings is 1. The van der Waals surface area contributed by atoms with Gasteiger partial charge in [0.25, 0.3) is 0 Å². The summed E-state index contributed by atoms with van der Waals surface area (Å²) in [6.45, 7) is 7.17. The minimum Gasteiger partial charge on any atom is -0.469 e. The maximum Gasteiger partial charge on any atom is 0.243 e. The molecule has 0 bridgehead atoms. The summed E-state index contributed by atoms with van der Waals surface area (Å²) in [5, 5.41) is 13.9. The molecule has 1 aromatic carbocycles. The molecule has 50 heavy (non-hydrogen) atoms. The molecule has 1 aliphatic rings. The molecule has 4 atom stereocenters. The molecule has 6 amide bonds. The summed E-state index contributed by atoms with van der Waals surface area (Å²) in [7, 11) is 0. The van der Waals surface area contributed by atoms with E-state index in [4.69, 9.17) is 14.9 Å². The van der Waals surface area contributed by atoms with Gasteiger partial charge in [0, 0.05) is 59.5 Å². The zero-order chi connectivity index (χ0) is 36.5. The Hall–Kier alpha value is -4.76. The quantitative estimate of drug-likeness (QED) is 0.107. The van der Waals surface area contributed by atoms with Crippen molar-refractivity contribution < 1.29 is 37.9 Å². The number of benzene rings is 1. The van der Waals surface area contributed by atoms with Crippen LogP contribution in [0.15, 0.2) is 47.1 Å². The van der Waals surface area contributed by atoms with Gasteiger partial charge in [-0.05, 0) is 42.0 Å². The van der Waals surface area contributed by atoms with E-state index < -0.39 is 35.7 Å². The van der Waals surface area contributed by atoms with E-state index in [1.807, 2.05) is 6.92 Å². The van der Waals surface area contributed by atoms with Gasteiger partial charge < -0.3 is 46.4 Å². The summed E-state index contributed by atoms with van der Waals surface area (Å²) < 4.78 is 10.8. The second kappa shape index (κ2) is 20.7. The van der Waals surface area contributed by atoms with E-state index >= 15 is 0 Å². The molecule has 274 valence electrons. The minimum atomic E-state index is -0.948. The number of carbonyl (C=O) groups excluding carboxylic acids is 6. The molecular weight excluding hydrogens is 646 g/mol. The van der Waals surface area contributed by atoms with Crippen molar-refractivity contribution in [3.05, 3.63) is 59.5 Å². The van der Waals surface area contributed by atoms with E-state index in [0.717, 1.165) is 0 Å². The minimum absolute atomic E-state index is 0.0701. The number of hydrogen-bond acceptors (Lipinski definition) is 9. The van der Waals surface area contributed by atoms with Crippen LogP contribution >= 0.6 is 0 Å². The Kier molecular flexibility index (Phi) is 16.4. The summed E-state index contributed by atoms with van der Waals surface area (Å²) in [5.41, 5.74) is 6.72. The van der Waals surface area contributed by atoms with Crippen molar-refractivity contribution in [1.29, 1.82) is 0 Å². The van der Waals surface area contributed by atoms with Gasteiger partial charge in [-0.1, -0.05) is 31.2 Å². The lowest BCUT2D eigenvalue weighted by Crippen LogP contribution is -2.53. The number of ether oxygens (including phenoxy) is 1. The Labute approximate surface area is 292 Å². The predicted molar refractivity (Wildman–Crippen MR) is 184 cm³/mol. The van der Waals surface area contributed by atoms with Gasteiger partial charge in [-0.2, -0.15) is 0 Å². The summed E-state index contributed by atoms with van der Waals surface area (Å²) in [5.74, 6) is -1.74. The fourth-order valence-corrected chi connectivity index (χ4v) is 5.77. The average Bonchev–Trinajstić information content (AvgIpc) is 3.59. The molecule has 0 unspecified atom stereocenters. The first-order valence-electron chi connectivity index (χ1n) is 17.0. The molecule has 0 radical (unpaired) electrons. The second-order valence-corrected chi connectivity index (χ2v) is 12.6. The van der Waals surface area contributed by atoms with Crippen LogP contribution in [0.4, 0.5) is 0 Å². The molecule has 15 heteroatoms. The Bertz CT molecular complexity index is 1430. The number of rotatable bonds is 19. The lowest BCUT2D eigenvalue weighted by molar-refractivity contribution is -0.137. The number of nitrogens with zero attached hydrogens (tertiary/aromatic N) is 1. The van der Waals surface area contributed by atoms with Gasteiger partial charge in [-0.15, -0.1) is 0 Å². The van der Waals surface area contributed by atoms with E-state index in [1.54, 1.807) is 41.3 Å². The van der Waals surface area contributed by atoms with Gasteiger partial charge in [-0.3, -0.25) is 28.8 Å². The van der Waals surface area contributed by atoms with Crippen molar-refractivity contribution in [2.75, 3.05) is 45.9 Å². The first kappa shape index (κ1) is 39.7. The maximum atomic E-state index is 13.5. The summed E-state index contributed by atoms with van der Waals surface area (Å²) in [6.07, 6.45) is 2.31. The highest BCUT2D eigenvalue weighted by atomic mass is 16.5. The third-order valence-corrected chi connectivity index (χ3v) is 8.28. The van der Waals surface area contributed by atoms with Gasteiger partial charge in [0.15, 0.2) is 0 Å². The van der Waals surface area contributed by atoms with Gasteiger partial charge in [0.05, 0.1) is 31.8 Å². The van der Waals surface area contributed by atoms with Crippen LogP contribution in [0.5, 0.6) is 0 Å².